The van der Waals surface area contributed by atoms with Gasteiger partial charge in [0.1, 0.15) is 11.7 Å². The number of likely N-dealkylation sites (N-methyl/N-ethyl adjacent to an activating group) is 1. The molecule has 1 aliphatic heterocycles. The molecule has 7 heteroatoms. The molecule has 0 saturated carbocycles. The fourth-order valence-corrected chi connectivity index (χ4v) is 2.01. The lowest BCUT2D eigenvalue weighted by Gasteiger charge is -2.36. The van der Waals surface area contributed by atoms with Gasteiger partial charge < -0.3 is 20.1 Å². The van der Waals surface area contributed by atoms with Gasteiger partial charge >= 0.3 is 5.97 Å². The quantitative estimate of drug-likeness (QED) is 0.781. The predicted molar refractivity (Wildman–Crippen MR) is 67.2 cm³/mol. The van der Waals surface area contributed by atoms with Crippen LogP contribution < -0.4 is 10.2 Å². The third kappa shape index (κ3) is 2.82. The average Bonchev–Trinajstić information content (AvgIpc) is 2.46. The van der Waals surface area contributed by atoms with Gasteiger partial charge in [-0.3, -0.25) is 4.79 Å². The number of morpholine rings is 1. The summed E-state index contributed by atoms with van der Waals surface area (Å²) in [5.41, 5.74) is 0.615. The SMILES string of the molecule is CNC(=O)C1COCCN1c1ccnc(C(=O)O)c1. The van der Waals surface area contributed by atoms with Crippen LogP contribution in [0.15, 0.2) is 18.3 Å². The molecule has 1 aliphatic rings. The molecule has 1 atom stereocenters. The van der Waals surface area contributed by atoms with Gasteiger partial charge in [-0.05, 0) is 12.1 Å². The fraction of sp³-hybridized carbons (Fsp3) is 0.417. The van der Waals surface area contributed by atoms with E-state index in [4.69, 9.17) is 9.84 Å². The summed E-state index contributed by atoms with van der Waals surface area (Å²) in [6, 6.07) is 2.69. The second-order valence-electron chi connectivity index (χ2n) is 4.10. The van der Waals surface area contributed by atoms with E-state index in [1.165, 1.54) is 12.3 Å². The van der Waals surface area contributed by atoms with E-state index in [9.17, 15) is 9.59 Å². The minimum Gasteiger partial charge on any atom is -0.477 e. The smallest absolute Gasteiger partial charge is 0.354 e. The predicted octanol–water partition coefficient (Wildman–Crippen LogP) is -0.269. The van der Waals surface area contributed by atoms with Crippen LogP contribution in [0.1, 0.15) is 10.5 Å². The number of aromatic carboxylic acids is 1. The van der Waals surface area contributed by atoms with Gasteiger partial charge in [0.25, 0.3) is 0 Å². The van der Waals surface area contributed by atoms with Crippen molar-refractivity contribution in [1.29, 1.82) is 0 Å². The van der Waals surface area contributed by atoms with Crippen LogP contribution >= 0.6 is 0 Å². The van der Waals surface area contributed by atoms with Gasteiger partial charge in [-0.2, -0.15) is 0 Å². The molecule has 1 amide bonds. The van der Waals surface area contributed by atoms with Crippen molar-refractivity contribution < 1.29 is 19.4 Å². The van der Waals surface area contributed by atoms with Crippen molar-refractivity contribution in [3.05, 3.63) is 24.0 Å². The number of amides is 1. The number of nitrogens with zero attached hydrogens (tertiary/aromatic N) is 2. The van der Waals surface area contributed by atoms with Crippen LogP contribution in [-0.2, 0) is 9.53 Å². The van der Waals surface area contributed by atoms with Crippen LogP contribution in [-0.4, -0.2) is 54.8 Å². The number of carboxylic acid groups (broad SMARTS) is 1. The highest BCUT2D eigenvalue weighted by atomic mass is 16.5. The molecule has 1 unspecified atom stereocenters. The Bertz CT molecular complexity index is 492. The Balaban J connectivity index is 2.29. The van der Waals surface area contributed by atoms with Crippen LogP contribution in [0.3, 0.4) is 0 Å². The first-order valence-electron chi connectivity index (χ1n) is 5.89. The molecule has 1 fully saturated rings. The van der Waals surface area contributed by atoms with Crippen LogP contribution in [0.25, 0.3) is 0 Å². The molecule has 2 heterocycles. The summed E-state index contributed by atoms with van der Waals surface area (Å²) in [6.45, 7) is 1.31. The molecule has 1 saturated heterocycles. The Morgan fingerprint density at radius 2 is 2.37 bits per heavy atom. The highest BCUT2D eigenvalue weighted by Crippen LogP contribution is 2.20. The first kappa shape index (κ1) is 13.3. The van der Waals surface area contributed by atoms with E-state index in [1.807, 2.05) is 4.90 Å². The molecule has 7 nitrogen and oxygen atoms in total. The molecule has 0 aliphatic carbocycles. The summed E-state index contributed by atoms with van der Waals surface area (Å²) < 4.78 is 5.30. The standard InChI is InChI=1S/C12H15N3O4/c1-13-11(16)10-7-19-5-4-15(10)8-2-3-14-9(6-8)12(17)18/h2-3,6,10H,4-5,7H2,1H3,(H,13,16)(H,17,18). The summed E-state index contributed by atoms with van der Waals surface area (Å²) in [6.07, 6.45) is 1.43. The highest BCUT2D eigenvalue weighted by molar-refractivity contribution is 5.88. The van der Waals surface area contributed by atoms with Crippen LogP contribution in [0.5, 0.6) is 0 Å². The molecule has 2 N–H and O–H groups in total. The van der Waals surface area contributed by atoms with Crippen LogP contribution in [0.4, 0.5) is 5.69 Å². The summed E-state index contributed by atoms with van der Waals surface area (Å²) >= 11 is 0. The van der Waals surface area contributed by atoms with Crippen molar-refractivity contribution >= 4 is 17.6 Å². The first-order valence-corrected chi connectivity index (χ1v) is 5.89. The summed E-state index contributed by atoms with van der Waals surface area (Å²) in [5, 5.41) is 11.5. The minimum absolute atomic E-state index is 0.0420. The number of ether oxygens (including phenoxy) is 1. The number of carbonyl (C=O) groups excluding carboxylic acids is 1. The zero-order valence-corrected chi connectivity index (χ0v) is 10.5. The van der Waals surface area contributed by atoms with Gasteiger partial charge in [0.15, 0.2) is 0 Å². The van der Waals surface area contributed by atoms with E-state index in [0.29, 0.717) is 18.8 Å². The van der Waals surface area contributed by atoms with Gasteiger partial charge in [-0.25, -0.2) is 9.78 Å². The van der Waals surface area contributed by atoms with Gasteiger partial charge in [-0.1, -0.05) is 0 Å². The minimum atomic E-state index is -1.09. The molecule has 1 aromatic rings. The number of carbonyl (C=O) groups is 2. The maximum atomic E-state index is 11.8. The van der Waals surface area contributed by atoms with E-state index >= 15 is 0 Å². The normalized spacial score (nSPS) is 19.0. The van der Waals surface area contributed by atoms with Gasteiger partial charge in [-0.15, -0.1) is 0 Å². The third-order valence-corrected chi connectivity index (χ3v) is 2.97. The van der Waals surface area contributed by atoms with E-state index in [1.54, 1.807) is 13.1 Å². The lowest BCUT2D eigenvalue weighted by molar-refractivity contribution is -0.124. The Morgan fingerprint density at radius 1 is 1.58 bits per heavy atom. The summed E-state index contributed by atoms with van der Waals surface area (Å²) in [7, 11) is 1.56. The maximum absolute atomic E-state index is 11.8. The summed E-state index contributed by atoms with van der Waals surface area (Å²) in [4.78, 5) is 28.3. The molecular weight excluding hydrogens is 250 g/mol. The van der Waals surface area contributed by atoms with Crippen LogP contribution in [0, 0.1) is 0 Å². The second kappa shape index (κ2) is 5.66. The van der Waals surface area contributed by atoms with E-state index < -0.39 is 12.0 Å². The molecule has 1 aromatic heterocycles. The molecule has 0 radical (unpaired) electrons. The number of hydrogen-bond acceptors (Lipinski definition) is 5. The molecule has 2 rings (SSSR count). The largest absolute Gasteiger partial charge is 0.477 e. The maximum Gasteiger partial charge on any atom is 0.354 e. The topological polar surface area (TPSA) is 91.8 Å². The Morgan fingerprint density at radius 3 is 3.05 bits per heavy atom. The Labute approximate surface area is 110 Å². The molecule has 19 heavy (non-hydrogen) atoms. The second-order valence-corrected chi connectivity index (χ2v) is 4.10. The molecule has 0 spiro atoms. The lowest BCUT2D eigenvalue weighted by Crippen LogP contribution is -2.53. The van der Waals surface area contributed by atoms with Crippen molar-refractivity contribution in [3.63, 3.8) is 0 Å². The monoisotopic (exact) mass is 265 g/mol. The number of aromatic nitrogens is 1. The van der Waals surface area contributed by atoms with Crippen molar-refractivity contribution in [2.24, 2.45) is 0 Å². The first-order chi connectivity index (χ1) is 9.13. The number of rotatable bonds is 3. The van der Waals surface area contributed by atoms with E-state index in [0.717, 1.165) is 0 Å². The Kier molecular flexibility index (Phi) is 3.96. The Hall–Kier alpha value is -2.15. The number of pyridine rings is 1. The number of anilines is 1. The third-order valence-electron chi connectivity index (χ3n) is 2.97. The van der Waals surface area contributed by atoms with Gasteiger partial charge in [0.2, 0.25) is 5.91 Å². The van der Waals surface area contributed by atoms with Crippen molar-refractivity contribution in [2.45, 2.75) is 6.04 Å². The molecule has 0 aromatic carbocycles. The van der Waals surface area contributed by atoms with Gasteiger partial charge in [0, 0.05) is 25.5 Å². The molecule has 0 bridgehead atoms. The van der Waals surface area contributed by atoms with Crippen molar-refractivity contribution in [2.75, 3.05) is 31.7 Å². The zero-order valence-electron chi connectivity index (χ0n) is 10.5. The van der Waals surface area contributed by atoms with Crippen molar-refractivity contribution in [3.8, 4) is 0 Å². The van der Waals surface area contributed by atoms with E-state index in [2.05, 4.69) is 10.3 Å². The number of carboxylic acids is 1. The zero-order chi connectivity index (χ0) is 13.8. The lowest BCUT2D eigenvalue weighted by atomic mass is 10.1. The van der Waals surface area contributed by atoms with Gasteiger partial charge in [0.05, 0.1) is 13.2 Å². The molecule has 102 valence electrons. The average molecular weight is 265 g/mol. The number of hydrogen-bond donors (Lipinski definition) is 2. The van der Waals surface area contributed by atoms with Crippen molar-refractivity contribution in [1.82, 2.24) is 10.3 Å². The summed E-state index contributed by atoms with van der Waals surface area (Å²) in [5.74, 6) is -1.25. The van der Waals surface area contributed by atoms with Crippen LogP contribution in [0.2, 0.25) is 0 Å². The van der Waals surface area contributed by atoms with E-state index in [-0.39, 0.29) is 18.2 Å². The fourth-order valence-electron chi connectivity index (χ4n) is 2.01. The number of nitrogens with one attached hydrogen (secondary N) is 1. The molecular formula is C12H15N3O4. The highest BCUT2D eigenvalue weighted by Gasteiger charge is 2.29.